The van der Waals surface area contributed by atoms with Crippen LogP contribution in [0.5, 0.6) is 5.75 Å². The number of fused-ring (bicyclic) bond motifs is 1. The average molecular weight is 387 g/mol. The summed E-state index contributed by atoms with van der Waals surface area (Å²) in [5, 5.41) is 8.88. The summed E-state index contributed by atoms with van der Waals surface area (Å²) in [5.74, 6) is 2.07. The van der Waals surface area contributed by atoms with Gasteiger partial charge in [-0.3, -0.25) is 4.68 Å². The van der Waals surface area contributed by atoms with Gasteiger partial charge in [0.1, 0.15) is 17.9 Å². The molecular formula is C23H25N5O. The Bertz CT molecular complexity index is 1120. The van der Waals surface area contributed by atoms with Crippen molar-refractivity contribution in [1.82, 2.24) is 19.7 Å². The van der Waals surface area contributed by atoms with Crippen molar-refractivity contribution in [3.8, 4) is 17.0 Å². The zero-order valence-electron chi connectivity index (χ0n) is 17.0. The molecular weight excluding hydrogens is 362 g/mol. The van der Waals surface area contributed by atoms with Crippen LogP contribution in [0.3, 0.4) is 0 Å². The zero-order valence-corrected chi connectivity index (χ0v) is 17.0. The molecule has 4 rings (SSSR count). The second-order valence-electron chi connectivity index (χ2n) is 7.06. The minimum absolute atomic E-state index is 0.330. The van der Waals surface area contributed by atoms with E-state index in [0.29, 0.717) is 5.92 Å². The third-order valence-electron chi connectivity index (χ3n) is 5.31. The predicted molar refractivity (Wildman–Crippen MR) is 116 cm³/mol. The van der Waals surface area contributed by atoms with Gasteiger partial charge in [0.2, 0.25) is 0 Å². The monoisotopic (exact) mass is 387 g/mol. The summed E-state index contributed by atoms with van der Waals surface area (Å²) in [6, 6.07) is 16.4. The minimum atomic E-state index is 0.330. The molecule has 148 valence electrons. The number of nitrogens with one attached hydrogen (secondary N) is 1. The number of aromatic nitrogens is 4. The molecule has 2 aromatic carbocycles. The second kappa shape index (κ2) is 8.31. The topological polar surface area (TPSA) is 64.9 Å². The van der Waals surface area contributed by atoms with Crippen LogP contribution in [0.25, 0.3) is 22.2 Å². The van der Waals surface area contributed by atoms with E-state index >= 15 is 0 Å². The number of para-hydroxylation sites is 1. The van der Waals surface area contributed by atoms with Crippen LogP contribution in [0.15, 0.2) is 61.1 Å². The van der Waals surface area contributed by atoms with Crippen LogP contribution in [-0.2, 0) is 7.05 Å². The van der Waals surface area contributed by atoms with Crippen LogP contribution in [-0.4, -0.2) is 33.4 Å². The summed E-state index contributed by atoms with van der Waals surface area (Å²) in [6.45, 7) is 2.96. The molecule has 29 heavy (non-hydrogen) atoms. The van der Waals surface area contributed by atoms with E-state index < -0.39 is 0 Å². The number of nitrogens with zero attached hydrogens (tertiary/aromatic N) is 4. The van der Waals surface area contributed by atoms with Crippen LogP contribution < -0.4 is 10.1 Å². The van der Waals surface area contributed by atoms with E-state index in [1.807, 2.05) is 36.1 Å². The zero-order chi connectivity index (χ0) is 20.2. The molecule has 0 aliphatic carbocycles. The highest BCUT2D eigenvalue weighted by Crippen LogP contribution is 2.29. The molecule has 0 aliphatic heterocycles. The number of benzene rings is 2. The van der Waals surface area contributed by atoms with Gasteiger partial charge in [-0.15, -0.1) is 0 Å². The van der Waals surface area contributed by atoms with Gasteiger partial charge in [0.05, 0.1) is 24.5 Å². The number of aryl methyl sites for hydroxylation is 1. The van der Waals surface area contributed by atoms with Crippen molar-refractivity contribution in [2.75, 3.05) is 19.0 Å². The number of anilines is 1. The number of hydrogen-bond donors (Lipinski definition) is 1. The fourth-order valence-electron chi connectivity index (χ4n) is 3.64. The molecule has 0 fully saturated rings. The molecule has 0 saturated heterocycles. The van der Waals surface area contributed by atoms with Gasteiger partial charge in [-0.25, -0.2) is 9.97 Å². The normalized spacial score (nSPS) is 12.1. The SMILES string of the molecule is CCC(CNc1cc(-c2ccc3c(cnn3C)c2)ncn1)c1ccccc1OC. The lowest BCUT2D eigenvalue weighted by atomic mass is 9.95. The molecule has 2 aromatic heterocycles. The molecule has 6 heteroatoms. The lowest BCUT2D eigenvalue weighted by molar-refractivity contribution is 0.405. The minimum Gasteiger partial charge on any atom is -0.496 e. The fourth-order valence-corrected chi connectivity index (χ4v) is 3.64. The highest BCUT2D eigenvalue weighted by Gasteiger charge is 2.14. The van der Waals surface area contributed by atoms with Crippen LogP contribution in [0.2, 0.25) is 0 Å². The first-order chi connectivity index (χ1) is 14.2. The Labute approximate surface area is 170 Å². The van der Waals surface area contributed by atoms with Crippen LogP contribution in [0.4, 0.5) is 5.82 Å². The third-order valence-corrected chi connectivity index (χ3v) is 5.31. The van der Waals surface area contributed by atoms with E-state index in [1.165, 1.54) is 5.56 Å². The van der Waals surface area contributed by atoms with Gasteiger partial charge >= 0.3 is 0 Å². The van der Waals surface area contributed by atoms with Crippen molar-refractivity contribution >= 4 is 16.7 Å². The molecule has 0 aliphatic rings. The molecule has 2 heterocycles. The van der Waals surface area contributed by atoms with Gasteiger partial charge < -0.3 is 10.1 Å². The summed E-state index contributed by atoms with van der Waals surface area (Å²) < 4.78 is 7.40. The van der Waals surface area contributed by atoms with Gasteiger partial charge in [0.15, 0.2) is 0 Å². The Morgan fingerprint density at radius 1 is 1.10 bits per heavy atom. The van der Waals surface area contributed by atoms with Crippen molar-refractivity contribution in [2.24, 2.45) is 7.05 Å². The second-order valence-corrected chi connectivity index (χ2v) is 7.06. The average Bonchev–Trinajstić information content (AvgIpc) is 3.15. The molecule has 1 unspecified atom stereocenters. The Kier molecular flexibility index (Phi) is 5.42. The number of ether oxygens (including phenoxy) is 1. The van der Waals surface area contributed by atoms with Crippen LogP contribution in [0, 0.1) is 0 Å². The maximum Gasteiger partial charge on any atom is 0.129 e. The summed E-state index contributed by atoms with van der Waals surface area (Å²) in [5.41, 5.74) is 4.25. The molecule has 1 atom stereocenters. The molecule has 0 bridgehead atoms. The number of rotatable bonds is 7. The van der Waals surface area contributed by atoms with E-state index in [1.54, 1.807) is 13.4 Å². The van der Waals surface area contributed by atoms with Crippen molar-refractivity contribution in [1.29, 1.82) is 0 Å². The van der Waals surface area contributed by atoms with E-state index in [2.05, 4.69) is 57.6 Å². The molecule has 0 spiro atoms. The Hall–Kier alpha value is -3.41. The Balaban J connectivity index is 1.53. The molecule has 6 nitrogen and oxygen atoms in total. The van der Waals surface area contributed by atoms with Crippen LogP contribution >= 0.6 is 0 Å². The predicted octanol–water partition coefficient (Wildman–Crippen LogP) is 4.64. The lowest BCUT2D eigenvalue weighted by Crippen LogP contribution is -2.14. The van der Waals surface area contributed by atoms with Gasteiger partial charge in [0.25, 0.3) is 0 Å². The van der Waals surface area contributed by atoms with Gasteiger partial charge in [0, 0.05) is 36.5 Å². The van der Waals surface area contributed by atoms with E-state index in [-0.39, 0.29) is 0 Å². The molecule has 0 amide bonds. The number of methoxy groups -OCH3 is 1. The Morgan fingerprint density at radius 3 is 2.79 bits per heavy atom. The summed E-state index contributed by atoms with van der Waals surface area (Å²) >= 11 is 0. The van der Waals surface area contributed by atoms with Gasteiger partial charge in [-0.2, -0.15) is 5.10 Å². The van der Waals surface area contributed by atoms with E-state index in [0.717, 1.165) is 46.7 Å². The summed E-state index contributed by atoms with van der Waals surface area (Å²) in [6.07, 6.45) is 4.48. The van der Waals surface area contributed by atoms with Crippen molar-refractivity contribution in [3.63, 3.8) is 0 Å². The van der Waals surface area contributed by atoms with Crippen molar-refractivity contribution in [3.05, 3.63) is 66.6 Å². The Morgan fingerprint density at radius 2 is 1.97 bits per heavy atom. The lowest BCUT2D eigenvalue weighted by Gasteiger charge is -2.19. The van der Waals surface area contributed by atoms with Crippen molar-refractivity contribution < 1.29 is 4.74 Å². The largest absolute Gasteiger partial charge is 0.496 e. The highest BCUT2D eigenvalue weighted by molar-refractivity contribution is 5.84. The maximum absolute atomic E-state index is 5.53. The third kappa shape index (κ3) is 3.92. The molecule has 0 radical (unpaired) electrons. The number of hydrogen-bond acceptors (Lipinski definition) is 5. The molecule has 4 aromatic rings. The standard InChI is InChI=1S/C23H25N5O/c1-4-16(19-7-5-6-8-22(19)29-3)13-24-23-12-20(25-15-26-23)17-9-10-21-18(11-17)14-27-28(21)2/h5-12,14-16H,4,13H2,1-3H3,(H,24,25,26). The van der Waals surface area contributed by atoms with Gasteiger partial charge in [-0.1, -0.05) is 31.2 Å². The first-order valence-corrected chi connectivity index (χ1v) is 9.80. The fraction of sp³-hybridized carbons (Fsp3) is 0.261. The molecule has 0 saturated carbocycles. The molecule has 1 N–H and O–H groups in total. The quantitative estimate of drug-likeness (QED) is 0.500. The van der Waals surface area contributed by atoms with Crippen LogP contribution in [0.1, 0.15) is 24.8 Å². The maximum atomic E-state index is 5.53. The summed E-state index contributed by atoms with van der Waals surface area (Å²) in [4.78, 5) is 8.86. The summed E-state index contributed by atoms with van der Waals surface area (Å²) in [7, 11) is 3.66. The van der Waals surface area contributed by atoms with E-state index in [4.69, 9.17) is 4.74 Å². The smallest absolute Gasteiger partial charge is 0.129 e. The first kappa shape index (κ1) is 18.9. The highest BCUT2D eigenvalue weighted by atomic mass is 16.5. The van der Waals surface area contributed by atoms with Crippen molar-refractivity contribution in [2.45, 2.75) is 19.3 Å². The first-order valence-electron chi connectivity index (χ1n) is 9.80. The van der Waals surface area contributed by atoms with E-state index in [9.17, 15) is 0 Å². The van der Waals surface area contributed by atoms with Gasteiger partial charge in [-0.05, 0) is 30.2 Å².